The van der Waals surface area contributed by atoms with E-state index in [9.17, 15) is 8.42 Å². The highest BCUT2D eigenvalue weighted by Gasteiger charge is 2.25. The molecule has 1 aliphatic rings. The molecule has 1 aromatic carbocycles. The summed E-state index contributed by atoms with van der Waals surface area (Å²) in [6.45, 7) is 2.35. The topological polar surface area (TPSA) is 74.3 Å². The lowest BCUT2D eigenvalue weighted by Gasteiger charge is -2.26. The molecule has 1 aromatic heterocycles. The molecule has 0 unspecified atom stereocenters. The monoisotopic (exact) mass is 396 g/mol. The number of pyridine rings is 1. The Morgan fingerprint density at radius 2 is 1.96 bits per heavy atom. The van der Waals surface area contributed by atoms with E-state index in [1.54, 1.807) is 24.4 Å². The molecule has 0 spiro atoms. The first kappa shape index (κ1) is 16.4. The quantitative estimate of drug-likeness (QED) is 0.828. The Kier molecular flexibility index (Phi) is 4.96. The Morgan fingerprint density at radius 1 is 1.17 bits per heavy atom. The van der Waals surface area contributed by atoms with E-state index in [1.165, 1.54) is 4.31 Å². The number of piperazine rings is 1. The SMILES string of the molecule is O=S(=O)(c1cccc(Nc2cc(Br)ccn2)c1)N1CCNCC1. The summed E-state index contributed by atoms with van der Waals surface area (Å²) in [5.74, 6) is 0.649. The van der Waals surface area contributed by atoms with Gasteiger partial charge in [0.15, 0.2) is 0 Å². The summed E-state index contributed by atoms with van der Waals surface area (Å²) in [7, 11) is -3.46. The molecule has 0 atom stereocenters. The molecular formula is C15H17BrN4O2S. The molecule has 8 heteroatoms. The first-order valence-corrected chi connectivity index (χ1v) is 9.48. The lowest BCUT2D eigenvalue weighted by atomic mass is 10.3. The fraction of sp³-hybridized carbons (Fsp3) is 0.267. The van der Waals surface area contributed by atoms with Crippen molar-refractivity contribution in [1.82, 2.24) is 14.6 Å². The second-order valence-electron chi connectivity index (χ2n) is 5.17. The van der Waals surface area contributed by atoms with Gasteiger partial charge in [0.1, 0.15) is 5.82 Å². The van der Waals surface area contributed by atoms with Crippen LogP contribution in [0.4, 0.5) is 11.5 Å². The molecule has 1 fully saturated rings. The summed E-state index contributed by atoms with van der Waals surface area (Å²) in [5, 5.41) is 6.28. The molecule has 1 aliphatic heterocycles. The minimum Gasteiger partial charge on any atom is -0.340 e. The molecule has 0 bridgehead atoms. The Bertz CT molecular complexity index is 792. The smallest absolute Gasteiger partial charge is 0.243 e. The van der Waals surface area contributed by atoms with Gasteiger partial charge in [-0.05, 0) is 30.3 Å². The summed E-state index contributed by atoms with van der Waals surface area (Å²) in [6.07, 6.45) is 1.67. The summed E-state index contributed by atoms with van der Waals surface area (Å²) < 4.78 is 27.8. The van der Waals surface area contributed by atoms with E-state index < -0.39 is 10.0 Å². The zero-order chi connectivity index (χ0) is 16.3. The van der Waals surface area contributed by atoms with Gasteiger partial charge < -0.3 is 10.6 Å². The Morgan fingerprint density at radius 3 is 2.70 bits per heavy atom. The lowest BCUT2D eigenvalue weighted by molar-refractivity contribution is 0.360. The first-order chi connectivity index (χ1) is 11.1. The molecule has 0 radical (unpaired) electrons. The van der Waals surface area contributed by atoms with Crippen molar-refractivity contribution in [1.29, 1.82) is 0 Å². The zero-order valence-electron chi connectivity index (χ0n) is 12.4. The average molecular weight is 397 g/mol. The van der Waals surface area contributed by atoms with Gasteiger partial charge in [0.2, 0.25) is 10.0 Å². The van der Waals surface area contributed by atoms with Crippen LogP contribution in [0.3, 0.4) is 0 Å². The van der Waals surface area contributed by atoms with E-state index in [4.69, 9.17) is 0 Å². The molecule has 0 amide bonds. The highest BCUT2D eigenvalue weighted by molar-refractivity contribution is 9.10. The summed E-state index contributed by atoms with van der Waals surface area (Å²) in [6, 6.07) is 10.5. The molecule has 2 heterocycles. The van der Waals surface area contributed by atoms with E-state index >= 15 is 0 Å². The maximum atomic E-state index is 12.7. The maximum Gasteiger partial charge on any atom is 0.243 e. The second kappa shape index (κ2) is 6.96. The molecule has 3 rings (SSSR count). The highest BCUT2D eigenvalue weighted by atomic mass is 79.9. The maximum absolute atomic E-state index is 12.7. The van der Waals surface area contributed by atoms with Crippen molar-refractivity contribution in [2.45, 2.75) is 4.90 Å². The molecule has 6 nitrogen and oxygen atoms in total. The van der Waals surface area contributed by atoms with Crippen molar-refractivity contribution >= 4 is 37.5 Å². The highest BCUT2D eigenvalue weighted by Crippen LogP contribution is 2.23. The minimum atomic E-state index is -3.46. The van der Waals surface area contributed by atoms with Gasteiger partial charge in [-0.3, -0.25) is 0 Å². The van der Waals surface area contributed by atoms with Gasteiger partial charge in [0.25, 0.3) is 0 Å². The van der Waals surface area contributed by atoms with Crippen LogP contribution in [0, 0.1) is 0 Å². The van der Waals surface area contributed by atoms with Crippen LogP contribution in [0.25, 0.3) is 0 Å². The number of halogens is 1. The molecular weight excluding hydrogens is 380 g/mol. The van der Waals surface area contributed by atoms with E-state index in [0.29, 0.717) is 42.6 Å². The number of aromatic nitrogens is 1. The van der Waals surface area contributed by atoms with Crippen molar-refractivity contribution in [2.24, 2.45) is 0 Å². The van der Waals surface area contributed by atoms with Crippen LogP contribution in [-0.2, 0) is 10.0 Å². The fourth-order valence-corrected chi connectivity index (χ4v) is 4.21. The molecule has 122 valence electrons. The molecule has 2 N–H and O–H groups in total. The summed E-state index contributed by atoms with van der Waals surface area (Å²) in [5.41, 5.74) is 0.687. The van der Waals surface area contributed by atoms with Crippen molar-refractivity contribution < 1.29 is 8.42 Å². The van der Waals surface area contributed by atoms with Crippen LogP contribution in [0.1, 0.15) is 0 Å². The van der Waals surface area contributed by atoms with Crippen LogP contribution >= 0.6 is 15.9 Å². The molecule has 0 aliphatic carbocycles. The van der Waals surface area contributed by atoms with Crippen LogP contribution in [0.5, 0.6) is 0 Å². The van der Waals surface area contributed by atoms with Gasteiger partial charge in [-0.25, -0.2) is 13.4 Å². The third-order valence-electron chi connectivity index (χ3n) is 3.54. The van der Waals surface area contributed by atoms with E-state index in [2.05, 4.69) is 31.5 Å². The van der Waals surface area contributed by atoms with Gasteiger partial charge >= 0.3 is 0 Å². The Hall–Kier alpha value is -1.48. The number of nitrogens with one attached hydrogen (secondary N) is 2. The fourth-order valence-electron chi connectivity index (χ4n) is 2.39. The minimum absolute atomic E-state index is 0.291. The van der Waals surface area contributed by atoms with Crippen LogP contribution in [-0.4, -0.2) is 43.9 Å². The summed E-state index contributed by atoms with van der Waals surface area (Å²) in [4.78, 5) is 4.50. The third kappa shape index (κ3) is 3.89. The standard InChI is InChI=1S/C15H17BrN4O2S/c16-12-4-5-18-15(10-12)19-13-2-1-3-14(11-13)23(21,22)20-8-6-17-7-9-20/h1-5,10-11,17H,6-9H2,(H,18,19). The van der Waals surface area contributed by atoms with E-state index in [1.807, 2.05) is 18.2 Å². The lowest BCUT2D eigenvalue weighted by Crippen LogP contribution is -2.46. The predicted molar refractivity (Wildman–Crippen MR) is 93.3 cm³/mol. The Labute approximate surface area is 144 Å². The third-order valence-corrected chi connectivity index (χ3v) is 5.93. The number of rotatable bonds is 4. The molecule has 23 heavy (non-hydrogen) atoms. The summed E-state index contributed by atoms with van der Waals surface area (Å²) >= 11 is 3.39. The van der Waals surface area contributed by atoms with E-state index in [-0.39, 0.29) is 0 Å². The van der Waals surface area contributed by atoms with Gasteiger partial charge in [0.05, 0.1) is 4.90 Å². The normalized spacial score (nSPS) is 16.2. The predicted octanol–water partition coefficient (Wildman–Crippen LogP) is 2.18. The van der Waals surface area contributed by atoms with Crippen LogP contribution < -0.4 is 10.6 Å². The average Bonchev–Trinajstić information content (AvgIpc) is 2.56. The van der Waals surface area contributed by atoms with E-state index in [0.717, 1.165) is 4.47 Å². The van der Waals surface area contributed by atoms with Crippen molar-refractivity contribution in [2.75, 3.05) is 31.5 Å². The molecule has 1 saturated heterocycles. The zero-order valence-corrected chi connectivity index (χ0v) is 14.8. The van der Waals surface area contributed by atoms with Crippen LogP contribution in [0.15, 0.2) is 52.0 Å². The second-order valence-corrected chi connectivity index (χ2v) is 8.02. The number of hydrogen-bond acceptors (Lipinski definition) is 5. The van der Waals surface area contributed by atoms with Gasteiger partial charge in [-0.1, -0.05) is 22.0 Å². The van der Waals surface area contributed by atoms with Crippen molar-refractivity contribution in [3.05, 3.63) is 47.1 Å². The number of hydrogen-bond donors (Lipinski definition) is 2. The van der Waals surface area contributed by atoms with Crippen molar-refractivity contribution in [3.63, 3.8) is 0 Å². The van der Waals surface area contributed by atoms with Gasteiger partial charge in [0, 0.05) is 42.5 Å². The number of nitrogens with zero attached hydrogens (tertiary/aromatic N) is 2. The van der Waals surface area contributed by atoms with Crippen molar-refractivity contribution in [3.8, 4) is 0 Å². The number of benzene rings is 1. The first-order valence-electron chi connectivity index (χ1n) is 7.25. The van der Waals surface area contributed by atoms with Gasteiger partial charge in [-0.15, -0.1) is 0 Å². The largest absolute Gasteiger partial charge is 0.340 e. The molecule has 0 saturated carbocycles. The molecule has 2 aromatic rings. The van der Waals surface area contributed by atoms with Crippen LogP contribution in [0.2, 0.25) is 0 Å². The van der Waals surface area contributed by atoms with Gasteiger partial charge in [-0.2, -0.15) is 4.31 Å². The number of sulfonamides is 1. The number of anilines is 2. The Balaban J connectivity index is 1.84.